The molecule has 1 unspecified atom stereocenters. The van der Waals surface area contributed by atoms with Gasteiger partial charge in [-0.05, 0) is 25.5 Å². The van der Waals surface area contributed by atoms with Gasteiger partial charge in [0.1, 0.15) is 5.75 Å². The van der Waals surface area contributed by atoms with E-state index in [0.29, 0.717) is 18.7 Å². The number of ether oxygens (including phenoxy) is 1. The van der Waals surface area contributed by atoms with E-state index in [9.17, 15) is 9.90 Å². The largest absolute Gasteiger partial charge is 0.479 e. The Morgan fingerprint density at radius 2 is 2.16 bits per heavy atom. The maximum Gasteiger partial charge on any atom is 0.344 e. The summed E-state index contributed by atoms with van der Waals surface area (Å²) in [6, 6.07) is 5.87. The van der Waals surface area contributed by atoms with Gasteiger partial charge < -0.3 is 15.2 Å². The fraction of sp³-hybridized carbons (Fsp3) is 0.533. The molecule has 1 aromatic carbocycles. The highest BCUT2D eigenvalue weighted by Crippen LogP contribution is 2.25. The Morgan fingerprint density at radius 1 is 1.42 bits per heavy atom. The number of hydrogen-bond acceptors (Lipinski definition) is 3. The number of rotatable bonds is 8. The van der Waals surface area contributed by atoms with Gasteiger partial charge in [0.2, 0.25) is 0 Å². The monoisotopic (exact) mass is 265 g/mol. The molecule has 0 saturated heterocycles. The van der Waals surface area contributed by atoms with Crippen molar-refractivity contribution in [3.8, 4) is 5.75 Å². The first kappa shape index (κ1) is 15.5. The van der Waals surface area contributed by atoms with E-state index in [1.165, 1.54) is 0 Å². The van der Waals surface area contributed by atoms with E-state index in [0.717, 1.165) is 24.1 Å². The van der Waals surface area contributed by atoms with E-state index in [2.05, 4.69) is 5.32 Å². The third kappa shape index (κ3) is 4.56. The van der Waals surface area contributed by atoms with E-state index in [1.807, 2.05) is 39.0 Å². The van der Waals surface area contributed by atoms with Gasteiger partial charge in [0.15, 0.2) is 6.10 Å². The molecule has 0 bridgehead atoms. The second-order valence-corrected chi connectivity index (χ2v) is 4.58. The van der Waals surface area contributed by atoms with Gasteiger partial charge in [-0.25, -0.2) is 4.79 Å². The van der Waals surface area contributed by atoms with Crippen molar-refractivity contribution in [2.24, 2.45) is 0 Å². The number of aryl methyl sites for hydroxylation is 1. The summed E-state index contributed by atoms with van der Waals surface area (Å²) in [5.74, 6) is -0.205. The van der Waals surface area contributed by atoms with Crippen LogP contribution in [-0.2, 0) is 11.3 Å². The molecular formula is C15H23NO3. The molecule has 0 saturated carbocycles. The van der Waals surface area contributed by atoms with Gasteiger partial charge in [-0.2, -0.15) is 0 Å². The second kappa shape index (κ2) is 7.79. The summed E-state index contributed by atoms with van der Waals surface area (Å²) in [4.78, 5) is 11.2. The Bertz CT molecular complexity index is 418. The lowest BCUT2D eigenvalue weighted by Crippen LogP contribution is -2.28. The van der Waals surface area contributed by atoms with Crippen molar-refractivity contribution < 1.29 is 14.6 Å². The van der Waals surface area contributed by atoms with Crippen LogP contribution in [0.3, 0.4) is 0 Å². The predicted octanol–water partition coefficient (Wildman–Crippen LogP) is 2.74. The average Bonchev–Trinajstić information content (AvgIpc) is 2.38. The van der Waals surface area contributed by atoms with Crippen molar-refractivity contribution >= 4 is 5.97 Å². The molecule has 0 aromatic heterocycles. The Kier molecular flexibility index (Phi) is 6.36. The van der Waals surface area contributed by atoms with Crippen LogP contribution in [0, 0.1) is 6.92 Å². The normalized spacial score (nSPS) is 12.2. The maximum atomic E-state index is 11.2. The maximum absolute atomic E-state index is 11.2. The van der Waals surface area contributed by atoms with Crippen LogP contribution >= 0.6 is 0 Å². The summed E-state index contributed by atoms with van der Waals surface area (Å²) in [5.41, 5.74) is 1.97. The van der Waals surface area contributed by atoms with Crippen LogP contribution in [-0.4, -0.2) is 23.7 Å². The fourth-order valence-corrected chi connectivity index (χ4v) is 1.92. The van der Waals surface area contributed by atoms with Gasteiger partial charge in [0, 0.05) is 12.1 Å². The van der Waals surface area contributed by atoms with Gasteiger partial charge in [-0.15, -0.1) is 0 Å². The highest BCUT2D eigenvalue weighted by molar-refractivity contribution is 5.72. The molecule has 106 valence electrons. The first-order valence-electron chi connectivity index (χ1n) is 6.78. The molecule has 0 aliphatic heterocycles. The summed E-state index contributed by atoms with van der Waals surface area (Å²) in [5, 5.41) is 12.4. The van der Waals surface area contributed by atoms with Crippen molar-refractivity contribution in [2.75, 3.05) is 6.54 Å². The van der Waals surface area contributed by atoms with Crippen LogP contribution in [0.2, 0.25) is 0 Å². The summed E-state index contributed by atoms with van der Waals surface area (Å²) in [6.45, 7) is 7.48. The number of carboxylic acid groups (broad SMARTS) is 1. The standard InChI is InChI=1S/C15H23NO3/c1-4-7-13(15(17)18)19-14-11(3)8-6-9-12(14)10-16-5-2/h6,8-9,13,16H,4-5,7,10H2,1-3H3,(H,17,18). The molecule has 1 atom stereocenters. The first-order chi connectivity index (χ1) is 9.10. The zero-order chi connectivity index (χ0) is 14.3. The molecule has 0 heterocycles. The molecule has 4 heteroatoms. The molecule has 1 aromatic rings. The molecule has 19 heavy (non-hydrogen) atoms. The minimum Gasteiger partial charge on any atom is -0.479 e. The molecule has 0 fully saturated rings. The van der Waals surface area contributed by atoms with Crippen LogP contribution in [0.25, 0.3) is 0 Å². The third-order valence-corrected chi connectivity index (χ3v) is 2.95. The van der Waals surface area contributed by atoms with E-state index in [-0.39, 0.29) is 0 Å². The van der Waals surface area contributed by atoms with E-state index < -0.39 is 12.1 Å². The van der Waals surface area contributed by atoms with Crippen LogP contribution in [0.5, 0.6) is 5.75 Å². The van der Waals surface area contributed by atoms with Crippen molar-refractivity contribution in [3.63, 3.8) is 0 Å². The van der Waals surface area contributed by atoms with Gasteiger partial charge in [0.05, 0.1) is 0 Å². The first-order valence-corrected chi connectivity index (χ1v) is 6.78. The molecule has 0 amide bonds. The lowest BCUT2D eigenvalue weighted by Gasteiger charge is -2.19. The SMILES string of the molecule is CCCC(Oc1c(C)cccc1CNCC)C(=O)O. The number of para-hydroxylation sites is 1. The van der Waals surface area contributed by atoms with E-state index in [1.54, 1.807) is 0 Å². The smallest absolute Gasteiger partial charge is 0.344 e. The highest BCUT2D eigenvalue weighted by atomic mass is 16.5. The minimum absolute atomic E-state index is 0.518. The number of nitrogens with one attached hydrogen (secondary N) is 1. The predicted molar refractivity (Wildman–Crippen MR) is 75.5 cm³/mol. The summed E-state index contributed by atoms with van der Waals surface area (Å²) in [6.07, 6.45) is 0.530. The Hall–Kier alpha value is -1.55. The Balaban J connectivity index is 2.93. The molecule has 1 rings (SSSR count). The fourth-order valence-electron chi connectivity index (χ4n) is 1.92. The van der Waals surface area contributed by atoms with Crippen molar-refractivity contribution in [1.82, 2.24) is 5.32 Å². The van der Waals surface area contributed by atoms with Crippen LogP contribution < -0.4 is 10.1 Å². The number of carboxylic acids is 1. The molecule has 0 aliphatic carbocycles. The zero-order valence-electron chi connectivity index (χ0n) is 11.9. The zero-order valence-corrected chi connectivity index (χ0v) is 11.9. The lowest BCUT2D eigenvalue weighted by atomic mass is 10.1. The minimum atomic E-state index is -0.903. The van der Waals surface area contributed by atoms with Crippen LogP contribution in [0.15, 0.2) is 18.2 Å². The molecule has 4 nitrogen and oxygen atoms in total. The quantitative estimate of drug-likeness (QED) is 0.759. The Morgan fingerprint density at radius 3 is 2.74 bits per heavy atom. The molecule has 0 radical (unpaired) electrons. The van der Waals surface area contributed by atoms with Crippen LogP contribution in [0.1, 0.15) is 37.8 Å². The number of benzene rings is 1. The highest BCUT2D eigenvalue weighted by Gasteiger charge is 2.20. The number of carbonyl (C=O) groups is 1. The van der Waals surface area contributed by atoms with Gasteiger partial charge in [0.25, 0.3) is 0 Å². The van der Waals surface area contributed by atoms with Crippen LogP contribution in [0.4, 0.5) is 0 Å². The Labute approximate surface area is 114 Å². The summed E-state index contributed by atoms with van der Waals surface area (Å²) >= 11 is 0. The molecular weight excluding hydrogens is 242 g/mol. The summed E-state index contributed by atoms with van der Waals surface area (Å²) in [7, 11) is 0. The number of aliphatic carboxylic acids is 1. The topological polar surface area (TPSA) is 58.6 Å². The van der Waals surface area contributed by atoms with Gasteiger partial charge in [-0.3, -0.25) is 0 Å². The van der Waals surface area contributed by atoms with Gasteiger partial charge in [-0.1, -0.05) is 38.5 Å². The van der Waals surface area contributed by atoms with Crippen molar-refractivity contribution in [3.05, 3.63) is 29.3 Å². The van der Waals surface area contributed by atoms with Crippen molar-refractivity contribution in [1.29, 1.82) is 0 Å². The molecule has 0 aliphatic rings. The van der Waals surface area contributed by atoms with Crippen molar-refractivity contribution in [2.45, 2.75) is 46.3 Å². The molecule has 2 N–H and O–H groups in total. The molecule has 0 spiro atoms. The average molecular weight is 265 g/mol. The number of hydrogen-bond donors (Lipinski definition) is 2. The summed E-state index contributed by atoms with van der Waals surface area (Å²) < 4.78 is 5.74. The van der Waals surface area contributed by atoms with E-state index in [4.69, 9.17) is 4.74 Å². The van der Waals surface area contributed by atoms with E-state index >= 15 is 0 Å². The second-order valence-electron chi connectivity index (χ2n) is 4.58. The van der Waals surface area contributed by atoms with Gasteiger partial charge >= 0.3 is 5.97 Å². The lowest BCUT2D eigenvalue weighted by molar-refractivity contribution is -0.145. The third-order valence-electron chi connectivity index (χ3n) is 2.95.